The van der Waals surface area contributed by atoms with Crippen molar-refractivity contribution in [2.45, 2.75) is 25.8 Å². The lowest BCUT2D eigenvalue weighted by molar-refractivity contribution is -0.139. The van der Waals surface area contributed by atoms with Crippen molar-refractivity contribution in [2.24, 2.45) is 11.8 Å². The fraction of sp³-hybridized carbons (Fsp3) is 0.364. The van der Waals surface area contributed by atoms with Crippen molar-refractivity contribution in [1.82, 2.24) is 14.9 Å². The number of para-hydroxylation sites is 2. The normalized spacial score (nSPS) is 20.5. The first-order valence-electron chi connectivity index (χ1n) is 9.69. The number of piperidine rings is 1. The zero-order valence-electron chi connectivity index (χ0n) is 15.6. The monoisotopic (exact) mass is 381 g/mol. The molecule has 2 heterocycles. The zero-order valence-corrected chi connectivity index (χ0v) is 15.6. The van der Waals surface area contributed by atoms with Crippen LogP contribution in [0.4, 0.5) is 4.39 Å². The van der Waals surface area contributed by atoms with E-state index in [1.807, 2.05) is 30.3 Å². The van der Waals surface area contributed by atoms with Gasteiger partial charge >= 0.3 is 5.97 Å². The van der Waals surface area contributed by atoms with E-state index in [-0.39, 0.29) is 24.1 Å². The van der Waals surface area contributed by atoms with Crippen molar-refractivity contribution in [1.29, 1.82) is 0 Å². The van der Waals surface area contributed by atoms with Gasteiger partial charge in [-0.3, -0.25) is 9.69 Å². The average Bonchev–Trinajstić information content (AvgIpc) is 3.06. The molecule has 6 heteroatoms. The Morgan fingerprint density at radius 2 is 2.07 bits per heavy atom. The van der Waals surface area contributed by atoms with E-state index in [0.717, 1.165) is 41.9 Å². The van der Waals surface area contributed by atoms with Gasteiger partial charge in [-0.2, -0.15) is 0 Å². The molecule has 146 valence electrons. The fourth-order valence-electron chi connectivity index (χ4n) is 4.27. The number of benzene rings is 2. The molecular formula is C22H24FN3O2. The molecule has 4 rings (SSSR count). The van der Waals surface area contributed by atoms with Crippen LogP contribution in [0, 0.1) is 17.7 Å². The molecule has 2 N–H and O–H groups in total. The minimum Gasteiger partial charge on any atom is -0.481 e. The number of rotatable bonds is 6. The lowest BCUT2D eigenvalue weighted by atomic mass is 9.81. The smallest absolute Gasteiger partial charge is 0.303 e. The maximum Gasteiger partial charge on any atom is 0.303 e. The Balaban J connectivity index is 1.50. The van der Waals surface area contributed by atoms with E-state index in [4.69, 9.17) is 0 Å². The van der Waals surface area contributed by atoms with Crippen LogP contribution in [0.25, 0.3) is 11.0 Å². The molecule has 28 heavy (non-hydrogen) atoms. The molecule has 1 saturated heterocycles. The second-order valence-corrected chi connectivity index (χ2v) is 7.68. The summed E-state index contributed by atoms with van der Waals surface area (Å²) in [7, 11) is 0. The highest BCUT2D eigenvalue weighted by molar-refractivity contribution is 5.74. The van der Waals surface area contributed by atoms with E-state index < -0.39 is 5.97 Å². The van der Waals surface area contributed by atoms with Crippen molar-refractivity contribution in [3.63, 3.8) is 0 Å². The summed E-state index contributed by atoms with van der Waals surface area (Å²) in [6.45, 7) is 2.28. The number of nitrogens with one attached hydrogen (secondary N) is 1. The first kappa shape index (κ1) is 18.6. The van der Waals surface area contributed by atoms with Gasteiger partial charge in [-0.1, -0.05) is 24.3 Å². The third-order valence-corrected chi connectivity index (χ3v) is 5.60. The van der Waals surface area contributed by atoms with E-state index in [1.54, 1.807) is 12.1 Å². The Bertz CT molecular complexity index is 938. The number of nitrogens with zero attached hydrogens (tertiary/aromatic N) is 2. The second kappa shape index (κ2) is 8.10. The predicted molar refractivity (Wildman–Crippen MR) is 105 cm³/mol. The highest BCUT2D eigenvalue weighted by atomic mass is 19.1. The number of fused-ring (bicyclic) bond motifs is 1. The van der Waals surface area contributed by atoms with Gasteiger partial charge in [-0.05, 0) is 54.6 Å². The van der Waals surface area contributed by atoms with Gasteiger partial charge in [-0.15, -0.1) is 0 Å². The third kappa shape index (κ3) is 4.39. The molecule has 1 aliphatic rings. The lowest BCUT2D eigenvalue weighted by Crippen LogP contribution is -2.41. The molecule has 2 unspecified atom stereocenters. The van der Waals surface area contributed by atoms with Gasteiger partial charge in [0, 0.05) is 25.9 Å². The quantitative estimate of drug-likeness (QED) is 0.680. The summed E-state index contributed by atoms with van der Waals surface area (Å²) in [6, 6.07) is 14.6. The summed E-state index contributed by atoms with van der Waals surface area (Å²) in [5.74, 6) is 0.234. The summed E-state index contributed by atoms with van der Waals surface area (Å²) in [6.07, 6.45) is 1.72. The number of aromatic nitrogens is 2. The summed E-state index contributed by atoms with van der Waals surface area (Å²) >= 11 is 0. The van der Waals surface area contributed by atoms with Crippen LogP contribution in [0.3, 0.4) is 0 Å². The SMILES string of the molecule is O=C(O)CC1CCN(Cc2cccc(F)c2)CC1Cc1nc2ccccc2[nH]1. The summed E-state index contributed by atoms with van der Waals surface area (Å²) < 4.78 is 13.5. The Kier molecular flexibility index (Phi) is 5.39. The Hall–Kier alpha value is -2.73. The number of imidazole rings is 1. The van der Waals surface area contributed by atoms with E-state index in [9.17, 15) is 14.3 Å². The van der Waals surface area contributed by atoms with Crippen molar-refractivity contribution in [3.8, 4) is 0 Å². The Morgan fingerprint density at radius 1 is 1.21 bits per heavy atom. The first-order chi connectivity index (χ1) is 13.6. The average molecular weight is 381 g/mol. The molecule has 2 aromatic carbocycles. The number of hydrogen-bond donors (Lipinski definition) is 2. The van der Waals surface area contributed by atoms with Crippen LogP contribution in [0.1, 0.15) is 24.2 Å². The highest BCUT2D eigenvalue weighted by Crippen LogP contribution is 2.30. The molecule has 0 aliphatic carbocycles. The van der Waals surface area contributed by atoms with Gasteiger partial charge < -0.3 is 10.1 Å². The summed E-state index contributed by atoms with van der Waals surface area (Å²) in [5.41, 5.74) is 2.87. The number of halogens is 1. The fourth-order valence-corrected chi connectivity index (χ4v) is 4.27. The van der Waals surface area contributed by atoms with Crippen molar-refractivity contribution in [3.05, 3.63) is 65.7 Å². The van der Waals surface area contributed by atoms with Crippen LogP contribution in [0.15, 0.2) is 48.5 Å². The van der Waals surface area contributed by atoms with E-state index in [1.165, 1.54) is 6.07 Å². The number of carbonyl (C=O) groups is 1. The highest BCUT2D eigenvalue weighted by Gasteiger charge is 2.31. The standard InChI is InChI=1S/C22H24FN3O2/c23-18-5-3-4-15(10-18)13-26-9-8-16(12-22(27)28)17(14-26)11-21-24-19-6-1-2-7-20(19)25-21/h1-7,10,16-17H,8-9,11-14H2,(H,24,25)(H,27,28). The van der Waals surface area contributed by atoms with Crippen LogP contribution in [-0.4, -0.2) is 39.0 Å². The van der Waals surface area contributed by atoms with Gasteiger partial charge in [0.25, 0.3) is 0 Å². The lowest BCUT2D eigenvalue weighted by Gasteiger charge is -2.38. The van der Waals surface area contributed by atoms with Crippen LogP contribution in [0.5, 0.6) is 0 Å². The molecule has 1 aromatic heterocycles. The van der Waals surface area contributed by atoms with Crippen LogP contribution in [-0.2, 0) is 17.8 Å². The molecule has 0 bridgehead atoms. The molecule has 1 fully saturated rings. The molecule has 2 atom stereocenters. The zero-order chi connectivity index (χ0) is 19.5. The summed E-state index contributed by atoms with van der Waals surface area (Å²) in [4.78, 5) is 21.7. The largest absolute Gasteiger partial charge is 0.481 e. The number of carboxylic acids is 1. The number of carboxylic acid groups (broad SMARTS) is 1. The van der Waals surface area contributed by atoms with E-state index in [2.05, 4.69) is 14.9 Å². The van der Waals surface area contributed by atoms with E-state index >= 15 is 0 Å². The number of aromatic amines is 1. The molecule has 0 spiro atoms. The first-order valence-corrected chi connectivity index (χ1v) is 9.69. The molecule has 3 aromatic rings. The minimum absolute atomic E-state index is 0.120. The minimum atomic E-state index is -0.752. The topological polar surface area (TPSA) is 69.2 Å². The van der Waals surface area contributed by atoms with E-state index in [0.29, 0.717) is 13.0 Å². The molecule has 0 amide bonds. The molecule has 0 saturated carbocycles. The van der Waals surface area contributed by atoms with Crippen LogP contribution in [0.2, 0.25) is 0 Å². The van der Waals surface area contributed by atoms with Crippen molar-refractivity contribution >= 4 is 17.0 Å². The molecule has 5 nitrogen and oxygen atoms in total. The number of aliphatic carboxylic acids is 1. The Morgan fingerprint density at radius 3 is 2.86 bits per heavy atom. The number of H-pyrrole nitrogens is 1. The van der Waals surface area contributed by atoms with Crippen LogP contribution >= 0.6 is 0 Å². The molecular weight excluding hydrogens is 357 g/mol. The van der Waals surface area contributed by atoms with Gasteiger partial charge in [0.05, 0.1) is 11.0 Å². The van der Waals surface area contributed by atoms with Crippen LogP contribution < -0.4 is 0 Å². The Labute approximate surface area is 163 Å². The maximum atomic E-state index is 13.5. The van der Waals surface area contributed by atoms with Gasteiger partial charge in [0.2, 0.25) is 0 Å². The molecule has 1 aliphatic heterocycles. The summed E-state index contributed by atoms with van der Waals surface area (Å²) in [5, 5.41) is 9.32. The number of likely N-dealkylation sites (tertiary alicyclic amines) is 1. The predicted octanol–water partition coefficient (Wildman–Crippen LogP) is 3.86. The second-order valence-electron chi connectivity index (χ2n) is 7.68. The molecule has 0 radical (unpaired) electrons. The van der Waals surface area contributed by atoms with Gasteiger partial charge in [-0.25, -0.2) is 9.37 Å². The third-order valence-electron chi connectivity index (χ3n) is 5.60. The van der Waals surface area contributed by atoms with Gasteiger partial charge in [0.1, 0.15) is 11.6 Å². The number of hydrogen-bond acceptors (Lipinski definition) is 3. The van der Waals surface area contributed by atoms with Crippen molar-refractivity contribution in [2.75, 3.05) is 13.1 Å². The van der Waals surface area contributed by atoms with Gasteiger partial charge in [0.15, 0.2) is 0 Å². The maximum absolute atomic E-state index is 13.5. The van der Waals surface area contributed by atoms with Crippen molar-refractivity contribution < 1.29 is 14.3 Å².